The lowest BCUT2D eigenvalue weighted by Gasteiger charge is -2.13. The van der Waals surface area contributed by atoms with Crippen LogP contribution in [-0.2, 0) is 5.88 Å². The average Bonchev–Trinajstić information content (AvgIpc) is 2.72. The first-order chi connectivity index (χ1) is 8.54. The van der Waals surface area contributed by atoms with Gasteiger partial charge in [-0.1, -0.05) is 23.2 Å². The SMILES string of the molecule is CC(C)n1c(CCl)nnc1-c1ccc(Cl)cc1Cl. The fraction of sp³-hybridized carbons (Fsp3) is 0.333. The molecule has 2 rings (SSSR count). The number of aromatic nitrogens is 3. The van der Waals surface area contributed by atoms with Crippen LogP contribution in [0.3, 0.4) is 0 Å². The van der Waals surface area contributed by atoms with E-state index in [4.69, 9.17) is 34.8 Å². The normalized spacial score (nSPS) is 11.2. The molecule has 6 heteroatoms. The van der Waals surface area contributed by atoms with Gasteiger partial charge in [0.2, 0.25) is 0 Å². The Morgan fingerprint density at radius 3 is 2.50 bits per heavy atom. The Balaban J connectivity index is 2.60. The zero-order valence-electron chi connectivity index (χ0n) is 9.99. The van der Waals surface area contributed by atoms with Crippen LogP contribution in [0.2, 0.25) is 10.0 Å². The van der Waals surface area contributed by atoms with Crippen molar-refractivity contribution < 1.29 is 0 Å². The highest BCUT2D eigenvalue weighted by Gasteiger charge is 2.17. The third kappa shape index (κ3) is 2.48. The molecule has 96 valence electrons. The maximum atomic E-state index is 6.19. The second kappa shape index (κ2) is 5.47. The fourth-order valence-corrected chi connectivity index (χ4v) is 2.49. The first-order valence-corrected chi connectivity index (χ1v) is 6.78. The summed E-state index contributed by atoms with van der Waals surface area (Å²) in [6.07, 6.45) is 0. The molecule has 0 N–H and O–H groups in total. The number of nitrogens with zero attached hydrogens (tertiary/aromatic N) is 3. The van der Waals surface area contributed by atoms with Crippen molar-refractivity contribution in [2.45, 2.75) is 25.8 Å². The quantitative estimate of drug-likeness (QED) is 0.778. The summed E-state index contributed by atoms with van der Waals surface area (Å²) in [6, 6.07) is 5.52. The van der Waals surface area contributed by atoms with Crippen molar-refractivity contribution in [2.75, 3.05) is 0 Å². The highest BCUT2D eigenvalue weighted by molar-refractivity contribution is 6.36. The molecule has 0 spiro atoms. The van der Waals surface area contributed by atoms with Gasteiger partial charge in [0.15, 0.2) is 5.82 Å². The lowest BCUT2D eigenvalue weighted by Crippen LogP contribution is -2.07. The molecule has 0 amide bonds. The molecule has 1 aromatic heterocycles. The Bertz CT molecular complexity index is 564. The molecule has 0 aliphatic carbocycles. The topological polar surface area (TPSA) is 30.7 Å². The number of hydrogen-bond acceptors (Lipinski definition) is 2. The van der Waals surface area contributed by atoms with Crippen LogP contribution in [0.4, 0.5) is 0 Å². The maximum Gasteiger partial charge on any atom is 0.165 e. The molecule has 0 saturated carbocycles. The van der Waals surface area contributed by atoms with E-state index in [0.717, 1.165) is 11.4 Å². The van der Waals surface area contributed by atoms with Crippen molar-refractivity contribution >= 4 is 34.8 Å². The van der Waals surface area contributed by atoms with Gasteiger partial charge in [-0.05, 0) is 32.0 Å². The smallest absolute Gasteiger partial charge is 0.165 e. The molecule has 0 aliphatic rings. The van der Waals surface area contributed by atoms with E-state index >= 15 is 0 Å². The second-order valence-electron chi connectivity index (χ2n) is 4.16. The lowest BCUT2D eigenvalue weighted by atomic mass is 10.2. The van der Waals surface area contributed by atoms with Gasteiger partial charge in [-0.15, -0.1) is 21.8 Å². The second-order valence-corrected chi connectivity index (χ2v) is 5.27. The van der Waals surface area contributed by atoms with Crippen LogP contribution in [0.25, 0.3) is 11.4 Å². The summed E-state index contributed by atoms with van der Waals surface area (Å²) in [4.78, 5) is 0. The Morgan fingerprint density at radius 2 is 1.94 bits per heavy atom. The van der Waals surface area contributed by atoms with E-state index in [2.05, 4.69) is 10.2 Å². The minimum atomic E-state index is 0.204. The van der Waals surface area contributed by atoms with Crippen molar-refractivity contribution in [1.82, 2.24) is 14.8 Å². The highest BCUT2D eigenvalue weighted by Crippen LogP contribution is 2.31. The molecule has 0 bridgehead atoms. The van der Waals surface area contributed by atoms with E-state index in [-0.39, 0.29) is 6.04 Å². The zero-order chi connectivity index (χ0) is 13.3. The molecule has 0 saturated heterocycles. The molecule has 0 unspecified atom stereocenters. The predicted octanol–water partition coefficient (Wildman–Crippen LogP) is 4.57. The standard InChI is InChI=1S/C12H12Cl3N3/c1-7(2)18-11(6-13)16-17-12(18)9-4-3-8(14)5-10(9)15/h3-5,7H,6H2,1-2H3. The van der Waals surface area contributed by atoms with E-state index in [1.54, 1.807) is 12.1 Å². The minimum absolute atomic E-state index is 0.204. The molecule has 0 aliphatic heterocycles. The van der Waals surface area contributed by atoms with Crippen molar-refractivity contribution in [3.05, 3.63) is 34.1 Å². The molecule has 2 aromatic rings. The van der Waals surface area contributed by atoms with Crippen LogP contribution < -0.4 is 0 Å². The van der Waals surface area contributed by atoms with Gasteiger partial charge in [0.05, 0.1) is 10.9 Å². The third-order valence-electron chi connectivity index (χ3n) is 2.57. The van der Waals surface area contributed by atoms with Crippen LogP contribution in [0, 0.1) is 0 Å². The largest absolute Gasteiger partial charge is 0.307 e. The number of halogens is 3. The number of rotatable bonds is 3. The van der Waals surface area contributed by atoms with Crippen molar-refractivity contribution in [2.24, 2.45) is 0 Å². The average molecular weight is 305 g/mol. The van der Waals surface area contributed by atoms with E-state index in [1.807, 2.05) is 24.5 Å². The van der Waals surface area contributed by atoms with Gasteiger partial charge < -0.3 is 4.57 Å². The number of hydrogen-bond donors (Lipinski definition) is 0. The van der Waals surface area contributed by atoms with E-state index in [0.29, 0.717) is 21.7 Å². The van der Waals surface area contributed by atoms with Gasteiger partial charge in [0.1, 0.15) is 5.82 Å². The predicted molar refractivity (Wildman–Crippen MR) is 75.4 cm³/mol. The summed E-state index contributed by atoms with van der Waals surface area (Å²) >= 11 is 17.9. The Morgan fingerprint density at radius 1 is 1.22 bits per heavy atom. The van der Waals surface area contributed by atoms with Gasteiger partial charge in [-0.2, -0.15) is 0 Å². The van der Waals surface area contributed by atoms with E-state index in [1.165, 1.54) is 0 Å². The van der Waals surface area contributed by atoms with Crippen LogP contribution in [0.15, 0.2) is 18.2 Å². The van der Waals surface area contributed by atoms with Crippen LogP contribution >= 0.6 is 34.8 Å². The summed E-state index contributed by atoms with van der Waals surface area (Å²) < 4.78 is 1.97. The summed E-state index contributed by atoms with van der Waals surface area (Å²) in [7, 11) is 0. The Kier molecular flexibility index (Phi) is 4.15. The van der Waals surface area contributed by atoms with Gasteiger partial charge in [0.25, 0.3) is 0 Å². The minimum Gasteiger partial charge on any atom is -0.307 e. The van der Waals surface area contributed by atoms with Crippen molar-refractivity contribution in [3.63, 3.8) is 0 Å². The highest BCUT2D eigenvalue weighted by atomic mass is 35.5. The van der Waals surface area contributed by atoms with E-state index in [9.17, 15) is 0 Å². The number of alkyl halides is 1. The Hall–Kier alpha value is -0.770. The summed E-state index contributed by atoms with van der Waals surface area (Å²) in [6.45, 7) is 4.10. The van der Waals surface area contributed by atoms with Crippen molar-refractivity contribution in [1.29, 1.82) is 0 Å². The summed E-state index contributed by atoms with van der Waals surface area (Å²) in [5.74, 6) is 1.76. The monoisotopic (exact) mass is 303 g/mol. The van der Waals surface area contributed by atoms with Gasteiger partial charge in [0, 0.05) is 16.6 Å². The van der Waals surface area contributed by atoms with E-state index < -0.39 is 0 Å². The van der Waals surface area contributed by atoms with Gasteiger partial charge >= 0.3 is 0 Å². The summed E-state index contributed by atoms with van der Waals surface area (Å²) in [5, 5.41) is 9.40. The van der Waals surface area contributed by atoms with Gasteiger partial charge in [-0.3, -0.25) is 0 Å². The fourth-order valence-electron chi connectivity index (χ4n) is 1.81. The molecule has 0 fully saturated rings. The summed E-state index contributed by atoms with van der Waals surface area (Å²) in [5.41, 5.74) is 0.804. The van der Waals surface area contributed by atoms with Gasteiger partial charge in [-0.25, -0.2) is 0 Å². The zero-order valence-corrected chi connectivity index (χ0v) is 12.3. The molecule has 18 heavy (non-hydrogen) atoms. The molecular formula is C12H12Cl3N3. The molecule has 1 heterocycles. The molecular weight excluding hydrogens is 293 g/mol. The number of benzene rings is 1. The first kappa shape index (κ1) is 13.7. The Labute approximate surface area is 121 Å². The van der Waals surface area contributed by atoms with Crippen molar-refractivity contribution in [3.8, 4) is 11.4 Å². The first-order valence-electron chi connectivity index (χ1n) is 5.49. The lowest BCUT2D eigenvalue weighted by molar-refractivity contribution is 0.585. The molecule has 0 radical (unpaired) electrons. The van der Waals surface area contributed by atoms with Crippen LogP contribution in [0.5, 0.6) is 0 Å². The molecule has 0 atom stereocenters. The van der Waals surface area contributed by atoms with Crippen LogP contribution in [-0.4, -0.2) is 14.8 Å². The maximum absolute atomic E-state index is 6.19. The molecule has 3 nitrogen and oxygen atoms in total. The third-order valence-corrected chi connectivity index (χ3v) is 3.36. The molecule has 1 aromatic carbocycles. The van der Waals surface area contributed by atoms with Crippen LogP contribution in [0.1, 0.15) is 25.7 Å².